The fourth-order valence-corrected chi connectivity index (χ4v) is 4.91. The van der Waals surface area contributed by atoms with Gasteiger partial charge >= 0.3 is 0 Å². The Hall–Kier alpha value is -3.61. The molecule has 0 heterocycles. The lowest BCUT2D eigenvalue weighted by molar-refractivity contribution is 1.41. The van der Waals surface area contributed by atoms with Crippen LogP contribution in [-0.2, 0) is 0 Å². The van der Waals surface area contributed by atoms with E-state index in [-0.39, 0.29) is 0 Å². The Kier molecular flexibility index (Phi) is 5.64. The molecule has 5 aromatic carbocycles. The molecule has 0 amide bonds. The molecular weight excluding hydrogens is 395 g/mol. The standard InChI is InChI=1S/C28H23N2P/c1-3-13-24(14-4-1)29-27-17-9-10-18-28(27)30(25-15-5-2-6-16-25)31-26-20-19-22-11-7-8-12-23(22)21-26/h1-21,29,31H. The van der Waals surface area contributed by atoms with Gasteiger partial charge in [-0.25, -0.2) is 0 Å². The molecule has 1 unspecified atom stereocenters. The molecule has 5 rings (SSSR count). The number of benzene rings is 5. The predicted molar refractivity (Wildman–Crippen MR) is 137 cm³/mol. The molecule has 1 N–H and O–H groups in total. The Morgan fingerprint density at radius 2 is 1.19 bits per heavy atom. The van der Waals surface area contributed by atoms with Gasteiger partial charge in [0.05, 0.1) is 11.4 Å². The number of rotatable bonds is 6. The number of hydrogen-bond acceptors (Lipinski definition) is 2. The van der Waals surface area contributed by atoms with E-state index >= 15 is 0 Å². The molecule has 0 fully saturated rings. The third kappa shape index (κ3) is 4.45. The number of hydrogen-bond donors (Lipinski definition) is 1. The summed E-state index contributed by atoms with van der Waals surface area (Å²) >= 11 is 0. The first-order valence-corrected chi connectivity index (χ1v) is 11.3. The molecule has 0 aromatic heterocycles. The highest BCUT2D eigenvalue weighted by Gasteiger charge is 2.14. The molecule has 3 heteroatoms. The number of nitrogens with one attached hydrogen (secondary N) is 1. The molecule has 0 aliphatic carbocycles. The van der Waals surface area contributed by atoms with Gasteiger partial charge < -0.3 is 9.99 Å². The van der Waals surface area contributed by atoms with Gasteiger partial charge in [0.25, 0.3) is 0 Å². The Balaban J connectivity index is 1.56. The maximum atomic E-state index is 3.60. The van der Waals surface area contributed by atoms with Gasteiger partial charge in [-0.05, 0) is 58.5 Å². The average molecular weight is 418 g/mol. The van der Waals surface area contributed by atoms with Crippen LogP contribution < -0.4 is 15.3 Å². The van der Waals surface area contributed by atoms with Crippen LogP contribution in [0.2, 0.25) is 0 Å². The van der Waals surface area contributed by atoms with Crippen molar-refractivity contribution in [2.75, 3.05) is 9.99 Å². The topological polar surface area (TPSA) is 15.3 Å². The maximum Gasteiger partial charge on any atom is 0.0684 e. The quantitative estimate of drug-likeness (QED) is 0.285. The van der Waals surface area contributed by atoms with Gasteiger partial charge in [-0.15, -0.1) is 0 Å². The van der Waals surface area contributed by atoms with Gasteiger partial charge in [-0.2, -0.15) is 0 Å². The van der Waals surface area contributed by atoms with E-state index in [4.69, 9.17) is 0 Å². The molecule has 5 aromatic rings. The van der Waals surface area contributed by atoms with Crippen LogP contribution >= 0.6 is 8.73 Å². The molecule has 2 nitrogen and oxygen atoms in total. The highest BCUT2D eigenvalue weighted by molar-refractivity contribution is 7.49. The minimum atomic E-state index is 0.464. The van der Waals surface area contributed by atoms with E-state index in [1.165, 1.54) is 21.8 Å². The Bertz CT molecular complexity index is 1290. The smallest absolute Gasteiger partial charge is 0.0684 e. The summed E-state index contributed by atoms with van der Waals surface area (Å²) in [6, 6.07) is 44.7. The molecule has 0 saturated heterocycles. The number of fused-ring (bicyclic) bond motifs is 1. The van der Waals surface area contributed by atoms with E-state index < -0.39 is 0 Å². The van der Waals surface area contributed by atoms with Crippen LogP contribution in [0.5, 0.6) is 0 Å². The lowest BCUT2D eigenvalue weighted by atomic mass is 10.1. The first kappa shape index (κ1) is 19.4. The first-order valence-electron chi connectivity index (χ1n) is 10.4. The molecule has 0 radical (unpaired) electrons. The van der Waals surface area contributed by atoms with Crippen LogP contribution in [-0.4, -0.2) is 0 Å². The Morgan fingerprint density at radius 1 is 0.548 bits per heavy atom. The van der Waals surface area contributed by atoms with E-state index in [9.17, 15) is 0 Å². The number of anilines is 4. The van der Waals surface area contributed by atoms with Gasteiger partial charge in [0.1, 0.15) is 0 Å². The zero-order chi connectivity index (χ0) is 20.9. The fourth-order valence-electron chi connectivity index (χ4n) is 3.68. The van der Waals surface area contributed by atoms with Crippen molar-refractivity contribution in [1.29, 1.82) is 0 Å². The molecule has 0 spiro atoms. The van der Waals surface area contributed by atoms with E-state index in [1.807, 2.05) is 6.07 Å². The van der Waals surface area contributed by atoms with Gasteiger partial charge in [0, 0.05) is 20.1 Å². The fraction of sp³-hybridized carbons (Fsp3) is 0. The summed E-state index contributed by atoms with van der Waals surface area (Å²) in [7, 11) is 0.464. The molecule has 1 atom stereocenters. The number of para-hydroxylation sites is 4. The monoisotopic (exact) mass is 418 g/mol. The Labute approximate surface area is 185 Å². The van der Waals surface area contributed by atoms with Crippen LogP contribution in [0.15, 0.2) is 127 Å². The van der Waals surface area contributed by atoms with Crippen molar-refractivity contribution >= 4 is 47.6 Å². The molecule has 0 bridgehead atoms. The van der Waals surface area contributed by atoms with Crippen molar-refractivity contribution in [2.24, 2.45) is 0 Å². The summed E-state index contributed by atoms with van der Waals surface area (Å²) in [5.41, 5.74) is 4.50. The van der Waals surface area contributed by atoms with E-state index in [2.05, 4.69) is 131 Å². The highest BCUT2D eigenvalue weighted by atomic mass is 31.1. The van der Waals surface area contributed by atoms with Crippen LogP contribution in [0.4, 0.5) is 22.7 Å². The third-order valence-corrected chi connectivity index (χ3v) is 6.49. The molecule has 0 aliphatic rings. The van der Waals surface area contributed by atoms with Crippen LogP contribution in [0.25, 0.3) is 10.8 Å². The van der Waals surface area contributed by atoms with Crippen LogP contribution in [0.1, 0.15) is 0 Å². The normalized spacial score (nSPS) is 11.1. The molecule has 0 saturated carbocycles. The molecular formula is C28H23N2P. The predicted octanol–water partition coefficient (Wildman–Crippen LogP) is 7.64. The zero-order valence-corrected chi connectivity index (χ0v) is 18.1. The second-order valence-corrected chi connectivity index (χ2v) is 8.60. The summed E-state index contributed by atoms with van der Waals surface area (Å²) in [5, 5.41) is 7.45. The van der Waals surface area contributed by atoms with Crippen molar-refractivity contribution in [2.45, 2.75) is 0 Å². The second kappa shape index (κ2) is 9.04. The lowest BCUT2D eigenvalue weighted by Crippen LogP contribution is -2.12. The summed E-state index contributed by atoms with van der Waals surface area (Å²) in [5.74, 6) is 0. The minimum Gasteiger partial charge on any atom is -0.354 e. The maximum absolute atomic E-state index is 3.60. The highest BCUT2D eigenvalue weighted by Crippen LogP contribution is 2.41. The molecule has 31 heavy (non-hydrogen) atoms. The SMILES string of the molecule is c1ccc(Nc2ccccc2N(Pc2ccc3ccccc3c2)c2ccccc2)cc1. The summed E-state index contributed by atoms with van der Waals surface area (Å²) in [6.45, 7) is 0. The summed E-state index contributed by atoms with van der Waals surface area (Å²) in [6.07, 6.45) is 0. The largest absolute Gasteiger partial charge is 0.354 e. The second-order valence-electron chi connectivity index (χ2n) is 7.35. The summed E-state index contributed by atoms with van der Waals surface area (Å²) < 4.78 is 2.40. The van der Waals surface area contributed by atoms with Crippen molar-refractivity contribution < 1.29 is 0 Å². The minimum absolute atomic E-state index is 0.464. The third-order valence-electron chi connectivity index (χ3n) is 5.20. The average Bonchev–Trinajstić information content (AvgIpc) is 2.84. The summed E-state index contributed by atoms with van der Waals surface area (Å²) in [4.78, 5) is 0. The van der Waals surface area contributed by atoms with Crippen LogP contribution in [0.3, 0.4) is 0 Å². The van der Waals surface area contributed by atoms with Crippen molar-refractivity contribution in [3.63, 3.8) is 0 Å². The number of nitrogens with zero attached hydrogens (tertiary/aromatic N) is 1. The zero-order valence-electron chi connectivity index (χ0n) is 17.1. The van der Waals surface area contributed by atoms with Crippen molar-refractivity contribution in [3.05, 3.63) is 127 Å². The van der Waals surface area contributed by atoms with Crippen molar-refractivity contribution in [1.82, 2.24) is 0 Å². The molecule has 150 valence electrons. The van der Waals surface area contributed by atoms with Crippen molar-refractivity contribution in [3.8, 4) is 0 Å². The van der Waals surface area contributed by atoms with Crippen LogP contribution in [0, 0.1) is 0 Å². The van der Waals surface area contributed by atoms with Gasteiger partial charge in [-0.3, -0.25) is 0 Å². The first-order chi connectivity index (χ1) is 15.4. The van der Waals surface area contributed by atoms with E-state index in [0.717, 1.165) is 17.1 Å². The van der Waals surface area contributed by atoms with E-state index in [0.29, 0.717) is 8.73 Å². The van der Waals surface area contributed by atoms with Gasteiger partial charge in [-0.1, -0.05) is 84.9 Å². The van der Waals surface area contributed by atoms with Gasteiger partial charge in [0.2, 0.25) is 0 Å². The Morgan fingerprint density at radius 3 is 2.00 bits per heavy atom. The van der Waals surface area contributed by atoms with E-state index in [1.54, 1.807) is 0 Å². The lowest BCUT2D eigenvalue weighted by Gasteiger charge is -2.27. The van der Waals surface area contributed by atoms with Gasteiger partial charge in [0.15, 0.2) is 0 Å². The molecule has 0 aliphatic heterocycles.